The second-order valence-electron chi connectivity index (χ2n) is 6.52. The topological polar surface area (TPSA) is 40.5 Å². The number of aryl methyl sites for hydroxylation is 1. The third-order valence-electron chi connectivity index (χ3n) is 4.85. The zero-order valence-electron chi connectivity index (χ0n) is 13.9. The van der Waals surface area contributed by atoms with Crippen LogP contribution in [0.2, 0.25) is 0 Å². The molecule has 0 amide bonds. The highest BCUT2D eigenvalue weighted by Crippen LogP contribution is 2.30. The molecule has 0 radical (unpaired) electrons. The second-order valence-corrected chi connectivity index (χ2v) is 6.52. The number of rotatable bonds is 6. The zero-order chi connectivity index (χ0) is 17.7. The van der Waals surface area contributed by atoms with Gasteiger partial charge in [0.05, 0.1) is 11.5 Å². The molecule has 1 saturated heterocycles. The van der Waals surface area contributed by atoms with Gasteiger partial charge in [-0.3, -0.25) is 9.69 Å². The molecule has 1 aromatic rings. The summed E-state index contributed by atoms with van der Waals surface area (Å²) in [5.41, 5.74) is 0.0916. The molecular formula is C18H24F3NO2. The number of carbonyl (C=O) groups is 1. The van der Waals surface area contributed by atoms with Gasteiger partial charge in [0.25, 0.3) is 0 Å². The van der Waals surface area contributed by atoms with Crippen LogP contribution in [0.3, 0.4) is 0 Å². The summed E-state index contributed by atoms with van der Waals surface area (Å²) < 4.78 is 38.1. The maximum atomic E-state index is 12.7. The van der Waals surface area contributed by atoms with E-state index in [2.05, 4.69) is 4.90 Å². The summed E-state index contributed by atoms with van der Waals surface area (Å²) in [6.07, 6.45) is -0.444. The number of hydrogen-bond donors (Lipinski definition) is 1. The zero-order valence-corrected chi connectivity index (χ0v) is 13.9. The van der Waals surface area contributed by atoms with Gasteiger partial charge in [-0.25, -0.2) is 0 Å². The van der Waals surface area contributed by atoms with E-state index in [0.717, 1.165) is 44.8 Å². The highest BCUT2D eigenvalue weighted by molar-refractivity contribution is 5.70. The van der Waals surface area contributed by atoms with Gasteiger partial charge in [-0.05, 0) is 63.7 Å². The van der Waals surface area contributed by atoms with E-state index in [4.69, 9.17) is 0 Å². The molecule has 1 aromatic carbocycles. The van der Waals surface area contributed by atoms with E-state index in [1.54, 1.807) is 6.07 Å². The van der Waals surface area contributed by atoms with Gasteiger partial charge < -0.3 is 5.11 Å². The largest absolute Gasteiger partial charge is 0.481 e. The summed E-state index contributed by atoms with van der Waals surface area (Å²) in [6.45, 7) is 3.64. The molecule has 0 aromatic heterocycles. The molecule has 134 valence electrons. The van der Waals surface area contributed by atoms with Crippen LogP contribution >= 0.6 is 0 Å². The number of alkyl halides is 3. The number of piperidine rings is 1. The number of benzene rings is 1. The molecule has 1 aliphatic heterocycles. The molecule has 1 fully saturated rings. The fourth-order valence-electron chi connectivity index (χ4n) is 3.41. The highest BCUT2D eigenvalue weighted by atomic mass is 19.4. The van der Waals surface area contributed by atoms with Crippen molar-refractivity contribution in [3.8, 4) is 0 Å². The summed E-state index contributed by atoms with van der Waals surface area (Å²) in [5.74, 6) is -1.06. The number of aliphatic carboxylic acids is 1. The Bertz CT molecular complexity index is 559. The minimum atomic E-state index is -4.30. The summed E-state index contributed by atoms with van der Waals surface area (Å²) in [7, 11) is 0. The van der Waals surface area contributed by atoms with Crippen molar-refractivity contribution in [1.82, 2.24) is 4.90 Å². The quantitative estimate of drug-likeness (QED) is 0.787. The third kappa shape index (κ3) is 4.97. The molecule has 0 bridgehead atoms. The molecule has 0 saturated carbocycles. The minimum Gasteiger partial charge on any atom is -0.481 e. The van der Waals surface area contributed by atoms with E-state index in [1.807, 2.05) is 6.92 Å². The number of hydrogen-bond acceptors (Lipinski definition) is 2. The van der Waals surface area contributed by atoms with E-state index < -0.39 is 17.7 Å². The Hall–Kier alpha value is -1.56. The minimum absolute atomic E-state index is 0.0183. The third-order valence-corrected chi connectivity index (χ3v) is 4.85. The lowest BCUT2D eigenvalue weighted by Gasteiger charge is -2.37. The number of carboxylic acid groups (broad SMARTS) is 1. The molecule has 3 nitrogen and oxygen atoms in total. The molecule has 0 aliphatic carbocycles. The Morgan fingerprint density at radius 3 is 2.75 bits per heavy atom. The first kappa shape index (κ1) is 18.8. The van der Waals surface area contributed by atoms with Gasteiger partial charge in [-0.2, -0.15) is 13.2 Å². The lowest BCUT2D eigenvalue weighted by atomic mass is 9.90. The fourth-order valence-corrected chi connectivity index (χ4v) is 3.41. The van der Waals surface area contributed by atoms with Crippen LogP contribution in [0, 0.1) is 5.92 Å². The first-order chi connectivity index (χ1) is 11.3. The van der Waals surface area contributed by atoms with Crippen molar-refractivity contribution in [1.29, 1.82) is 0 Å². The molecule has 0 unspecified atom stereocenters. The molecule has 1 heterocycles. The molecule has 1 aliphatic rings. The van der Waals surface area contributed by atoms with Gasteiger partial charge >= 0.3 is 12.1 Å². The normalized spacial score (nSPS) is 22.5. The molecule has 2 atom stereocenters. The van der Waals surface area contributed by atoms with Crippen LogP contribution in [-0.4, -0.2) is 35.1 Å². The van der Waals surface area contributed by atoms with Crippen LogP contribution in [0.4, 0.5) is 13.2 Å². The van der Waals surface area contributed by atoms with Gasteiger partial charge in [-0.1, -0.05) is 18.2 Å². The number of halogens is 3. The summed E-state index contributed by atoms with van der Waals surface area (Å²) in [4.78, 5) is 13.4. The maximum Gasteiger partial charge on any atom is 0.416 e. The maximum absolute atomic E-state index is 12.7. The van der Waals surface area contributed by atoms with Crippen molar-refractivity contribution in [2.45, 2.75) is 51.2 Å². The first-order valence-corrected chi connectivity index (χ1v) is 8.42. The molecule has 6 heteroatoms. The van der Waals surface area contributed by atoms with E-state index >= 15 is 0 Å². The predicted molar refractivity (Wildman–Crippen MR) is 85.8 cm³/mol. The molecular weight excluding hydrogens is 319 g/mol. The van der Waals surface area contributed by atoms with Crippen LogP contribution in [0.15, 0.2) is 24.3 Å². The van der Waals surface area contributed by atoms with Gasteiger partial charge in [0.2, 0.25) is 0 Å². The number of likely N-dealkylation sites (tertiary alicyclic amines) is 1. The van der Waals surface area contributed by atoms with Crippen molar-refractivity contribution in [2.24, 2.45) is 5.92 Å². The van der Waals surface area contributed by atoms with Gasteiger partial charge in [0, 0.05) is 6.04 Å². The van der Waals surface area contributed by atoms with Crippen LogP contribution < -0.4 is 0 Å². The lowest BCUT2D eigenvalue weighted by molar-refractivity contribution is -0.145. The highest BCUT2D eigenvalue weighted by Gasteiger charge is 2.32. The van der Waals surface area contributed by atoms with E-state index in [9.17, 15) is 23.1 Å². The standard InChI is InChI=1S/C18H24F3NO2/c1-13-16(17(23)24)9-5-11-22(13)10-3-2-6-14-7-4-8-15(12-14)18(19,20)21/h4,7-8,12-13,16H,2-3,5-6,9-11H2,1H3,(H,23,24)/t13-,16-/m1/s1. The average molecular weight is 343 g/mol. The van der Waals surface area contributed by atoms with Crippen molar-refractivity contribution >= 4 is 5.97 Å². The Morgan fingerprint density at radius 2 is 2.08 bits per heavy atom. The van der Waals surface area contributed by atoms with Crippen molar-refractivity contribution in [3.05, 3.63) is 35.4 Å². The second kappa shape index (κ2) is 8.01. The van der Waals surface area contributed by atoms with Crippen LogP contribution in [0.5, 0.6) is 0 Å². The Labute approximate surface area is 140 Å². The molecule has 24 heavy (non-hydrogen) atoms. The van der Waals surface area contributed by atoms with Gasteiger partial charge in [-0.15, -0.1) is 0 Å². The SMILES string of the molecule is C[C@@H]1[C@H](C(=O)O)CCCN1CCCCc1cccc(C(F)(F)F)c1. The van der Waals surface area contributed by atoms with Crippen molar-refractivity contribution in [3.63, 3.8) is 0 Å². The van der Waals surface area contributed by atoms with E-state index in [0.29, 0.717) is 12.0 Å². The molecule has 2 rings (SSSR count). The fraction of sp³-hybridized carbons (Fsp3) is 0.611. The average Bonchev–Trinajstić information content (AvgIpc) is 2.52. The van der Waals surface area contributed by atoms with Crippen LogP contribution in [-0.2, 0) is 17.4 Å². The van der Waals surface area contributed by atoms with Gasteiger partial charge in [0.1, 0.15) is 0 Å². The van der Waals surface area contributed by atoms with Crippen molar-refractivity contribution < 1.29 is 23.1 Å². The molecule has 1 N–H and O–H groups in total. The Balaban J connectivity index is 1.80. The van der Waals surface area contributed by atoms with Crippen LogP contribution in [0.1, 0.15) is 43.7 Å². The number of nitrogens with zero attached hydrogens (tertiary/aromatic N) is 1. The van der Waals surface area contributed by atoms with Gasteiger partial charge in [0.15, 0.2) is 0 Å². The smallest absolute Gasteiger partial charge is 0.416 e. The summed E-state index contributed by atoms with van der Waals surface area (Å²) >= 11 is 0. The lowest BCUT2D eigenvalue weighted by Crippen LogP contribution is -2.46. The Kier molecular flexibility index (Phi) is 6.27. The van der Waals surface area contributed by atoms with Crippen LogP contribution in [0.25, 0.3) is 0 Å². The monoisotopic (exact) mass is 343 g/mol. The summed E-state index contributed by atoms with van der Waals surface area (Å²) in [6, 6.07) is 5.49. The Morgan fingerprint density at radius 1 is 1.33 bits per heavy atom. The predicted octanol–water partition coefficient (Wildman–Crippen LogP) is 4.21. The number of unbranched alkanes of at least 4 members (excludes halogenated alkanes) is 1. The van der Waals surface area contributed by atoms with Crippen molar-refractivity contribution in [2.75, 3.05) is 13.1 Å². The summed E-state index contributed by atoms with van der Waals surface area (Å²) in [5, 5.41) is 9.22. The first-order valence-electron chi connectivity index (χ1n) is 8.42. The number of carboxylic acids is 1. The van der Waals surface area contributed by atoms with E-state index in [-0.39, 0.29) is 12.0 Å². The van der Waals surface area contributed by atoms with E-state index in [1.165, 1.54) is 12.1 Å². The molecule has 0 spiro atoms.